The van der Waals surface area contributed by atoms with Gasteiger partial charge in [-0.1, -0.05) is 12.1 Å². The lowest BCUT2D eigenvalue weighted by Gasteiger charge is -2.11. The topological polar surface area (TPSA) is 55.8 Å². The van der Waals surface area contributed by atoms with Crippen LogP contribution in [0.15, 0.2) is 40.9 Å². The van der Waals surface area contributed by atoms with Crippen molar-refractivity contribution in [3.8, 4) is 11.5 Å². The number of ether oxygens (including phenoxy) is 2. The molecule has 0 aliphatic carbocycles. The predicted molar refractivity (Wildman–Crippen MR) is 83.2 cm³/mol. The number of hydrogen-bond donors (Lipinski definition) is 1. The Labute approximate surface area is 131 Å². The van der Waals surface area contributed by atoms with Gasteiger partial charge in [-0.2, -0.15) is 0 Å². The first-order valence-corrected chi connectivity index (χ1v) is 7.09. The van der Waals surface area contributed by atoms with Crippen molar-refractivity contribution in [3.63, 3.8) is 0 Å². The van der Waals surface area contributed by atoms with Crippen molar-refractivity contribution < 1.29 is 19.4 Å². The van der Waals surface area contributed by atoms with Crippen LogP contribution in [0.25, 0.3) is 0 Å². The zero-order chi connectivity index (χ0) is 15.4. The summed E-state index contributed by atoms with van der Waals surface area (Å²) >= 11 is 3.41. The van der Waals surface area contributed by atoms with Gasteiger partial charge in [0.2, 0.25) is 0 Å². The summed E-state index contributed by atoms with van der Waals surface area (Å²) in [5, 5.41) is 9.16. The summed E-state index contributed by atoms with van der Waals surface area (Å²) in [6, 6.07) is 10.6. The maximum Gasteiger partial charge on any atom is 0.339 e. The molecular weight excluding hydrogens is 336 g/mol. The summed E-state index contributed by atoms with van der Waals surface area (Å²) in [5.74, 6) is 0.107. The molecule has 2 aromatic rings. The fourth-order valence-corrected chi connectivity index (χ4v) is 2.47. The molecule has 0 saturated carbocycles. The number of aromatic carboxylic acids is 1. The Hall–Kier alpha value is -2.01. The van der Waals surface area contributed by atoms with Crippen molar-refractivity contribution in [1.82, 2.24) is 0 Å². The molecule has 0 aliphatic rings. The van der Waals surface area contributed by atoms with Gasteiger partial charge in [-0.25, -0.2) is 4.79 Å². The molecule has 2 rings (SSSR count). The Morgan fingerprint density at radius 1 is 1.19 bits per heavy atom. The quantitative estimate of drug-likeness (QED) is 0.883. The molecule has 110 valence electrons. The van der Waals surface area contributed by atoms with Gasteiger partial charge in [0, 0.05) is 0 Å². The molecule has 0 bridgehead atoms. The second-order valence-corrected chi connectivity index (χ2v) is 5.42. The molecule has 0 atom stereocenters. The highest BCUT2D eigenvalue weighted by Gasteiger charge is 2.11. The van der Waals surface area contributed by atoms with Crippen molar-refractivity contribution in [2.75, 3.05) is 7.11 Å². The lowest BCUT2D eigenvalue weighted by molar-refractivity contribution is 0.0692. The largest absolute Gasteiger partial charge is 0.496 e. The zero-order valence-corrected chi connectivity index (χ0v) is 13.3. The molecule has 0 saturated heterocycles. The highest BCUT2D eigenvalue weighted by Crippen LogP contribution is 2.27. The maximum absolute atomic E-state index is 11.2. The van der Waals surface area contributed by atoms with E-state index in [1.807, 2.05) is 25.1 Å². The third kappa shape index (κ3) is 3.76. The SMILES string of the molecule is COc1ccc(COc2cc(C)ccc2C(=O)O)cc1Br. The van der Waals surface area contributed by atoms with Crippen LogP contribution in [0.2, 0.25) is 0 Å². The first kappa shape index (κ1) is 15.4. The number of carbonyl (C=O) groups is 1. The lowest BCUT2D eigenvalue weighted by Crippen LogP contribution is -2.04. The number of methoxy groups -OCH3 is 1. The number of hydrogen-bond acceptors (Lipinski definition) is 3. The van der Waals surface area contributed by atoms with Crippen LogP contribution < -0.4 is 9.47 Å². The van der Waals surface area contributed by atoms with E-state index in [-0.39, 0.29) is 12.2 Å². The number of halogens is 1. The van der Waals surface area contributed by atoms with Gasteiger partial charge in [0.1, 0.15) is 23.7 Å². The normalized spacial score (nSPS) is 10.2. The second-order valence-electron chi connectivity index (χ2n) is 4.56. The van der Waals surface area contributed by atoms with E-state index < -0.39 is 5.97 Å². The summed E-state index contributed by atoms with van der Waals surface area (Å²) < 4.78 is 11.6. The van der Waals surface area contributed by atoms with E-state index in [9.17, 15) is 4.79 Å². The molecule has 0 amide bonds. The Morgan fingerprint density at radius 2 is 1.95 bits per heavy atom. The van der Waals surface area contributed by atoms with E-state index in [0.717, 1.165) is 21.3 Å². The molecule has 0 heterocycles. The minimum Gasteiger partial charge on any atom is -0.496 e. The highest BCUT2D eigenvalue weighted by molar-refractivity contribution is 9.10. The van der Waals surface area contributed by atoms with Gasteiger partial charge in [0.15, 0.2) is 0 Å². The summed E-state index contributed by atoms with van der Waals surface area (Å²) in [5.41, 5.74) is 2.03. The van der Waals surface area contributed by atoms with Crippen LogP contribution in [-0.4, -0.2) is 18.2 Å². The fraction of sp³-hybridized carbons (Fsp3) is 0.188. The molecule has 0 radical (unpaired) electrons. The monoisotopic (exact) mass is 350 g/mol. The minimum atomic E-state index is -0.999. The standard InChI is InChI=1S/C16H15BrO4/c1-10-3-5-12(16(18)19)15(7-10)21-9-11-4-6-14(20-2)13(17)8-11/h3-8H,9H2,1-2H3,(H,18,19). The van der Waals surface area contributed by atoms with Crippen LogP contribution >= 0.6 is 15.9 Å². The fourth-order valence-electron chi connectivity index (χ4n) is 1.89. The van der Waals surface area contributed by atoms with Gasteiger partial charge in [0.05, 0.1) is 11.6 Å². The van der Waals surface area contributed by atoms with Crippen molar-refractivity contribution in [2.24, 2.45) is 0 Å². The van der Waals surface area contributed by atoms with Gasteiger partial charge < -0.3 is 14.6 Å². The van der Waals surface area contributed by atoms with E-state index >= 15 is 0 Å². The lowest BCUT2D eigenvalue weighted by atomic mass is 10.1. The molecule has 0 fully saturated rings. The van der Waals surface area contributed by atoms with Gasteiger partial charge in [0.25, 0.3) is 0 Å². The Morgan fingerprint density at radius 3 is 2.57 bits per heavy atom. The van der Waals surface area contributed by atoms with Crippen LogP contribution in [0.4, 0.5) is 0 Å². The van der Waals surface area contributed by atoms with Gasteiger partial charge >= 0.3 is 5.97 Å². The van der Waals surface area contributed by atoms with Crippen LogP contribution in [0, 0.1) is 6.92 Å². The summed E-state index contributed by atoms with van der Waals surface area (Å²) in [6.07, 6.45) is 0. The first-order valence-electron chi connectivity index (χ1n) is 6.30. The Kier molecular flexibility index (Phi) is 4.85. The number of aryl methyl sites for hydroxylation is 1. The van der Waals surface area contributed by atoms with Crippen molar-refractivity contribution in [1.29, 1.82) is 0 Å². The number of carboxylic acid groups (broad SMARTS) is 1. The summed E-state index contributed by atoms with van der Waals surface area (Å²) in [7, 11) is 1.60. The van der Waals surface area contributed by atoms with Crippen molar-refractivity contribution >= 4 is 21.9 Å². The van der Waals surface area contributed by atoms with Gasteiger partial charge in [-0.05, 0) is 58.2 Å². The molecular formula is C16H15BrO4. The maximum atomic E-state index is 11.2. The molecule has 0 aromatic heterocycles. The van der Waals surface area contributed by atoms with Gasteiger partial charge in [-0.15, -0.1) is 0 Å². The van der Waals surface area contributed by atoms with Crippen LogP contribution in [-0.2, 0) is 6.61 Å². The van der Waals surface area contributed by atoms with E-state index in [0.29, 0.717) is 5.75 Å². The highest BCUT2D eigenvalue weighted by atomic mass is 79.9. The summed E-state index contributed by atoms with van der Waals surface area (Å²) in [6.45, 7) is 2.18. The second kappa shape index (κ2) is 6.63. The van der Waals surface area contributed by atoms with E-state index in [1.54, 1.807) is 25.3 Å². The van der Waals surface area contributed by atoms with Crippen LogP contribution in [0.1, 0.15) is 21.5 Å². The average molecular weight is 351 g/mol. The Bertz CT molecular complexity index is 667. The number of rotatable bonds is 5. The molecule has 2 aromatic carbocycles. The van der Waals surface area contributed by atoms with E-state index in [1.165, 1.54) is 0 Å². The molecule has 5 heteroatoms. The molecule has 0 unspecified atom stereocenters. The third-order valence-corrected chi connectivity index (χ3v) is 3.60. The zero-order valence-electron chi connectivity index (χ0n) is 11.7. The third-order valence-electron chi connectivity index (χ3n) is 2.98. The smallest absolute Gasteiger partial charge is 0.339 e. The van der Waals surface area contributed by atoms with E-state index in [2.05, 4.69) is 15.9 Å². The molecule has 1 N–H and O–H groups in total. The predicted octanol–water partition coefficient (Wildman–Crippen LogP) is 4.04. The van der Waals surface area contributed by atoms with Crippen molar-refractivity contribution in [2.45, 2.75) is 13.5 Å². The summed E-state index contributed by atoms with van der Waals surface area (Å²) in [4.78, 5) is 11.2. The number of benzene rings is 2. The van der Waals surface area contributed by atoms with Crippen molar-refractivity contribution in [3.05, 3.63) is 57.6 Å². The van der Waals surface area contributed by atoms with Gasteiger partial charge in [-0.3, -0.25) is 0 Å². The Balaban J connectivity index is 2.18. The molecule has 0 spiro atoms. The minimum absolute atomic E-state index is 0.160. The average Bonchev–Trinajstić information content (AvgIpc) is 2.45. The van der Waals surface area contributed by atoms with Crippen LogP contribution in [0.3, 0.4) is 0 Å². The molecule has 0 aliphatic heterocycles. The number of carboxylic acids is 1. The van der Waals surface area contributed by atoms with E-state index in [4.69, 9.17) is 14.6 Å². The molecule has 21 heavy (non-hydrogen) atoms. The molecule has 4 nitrogen and oxygen atoms in total. The van der Waals surface area contributed by atoms with Crippen LogP contribution in [0.5, 0.6) is 11.5 Å². The first-order chi connectivity index (χ1) is 10.0.